The van der Waals surface area contributed by atoms with Gasteiger partial charge in [0.25, 0.3) is 0 Å². The molecule has 0 bridgehead atoms. The van der Waals surface area contributed by atoms with Crippen molar-refractivity contribution in [3.05, 3.63) is 22.4 Å². The highest BCUT2D eigenvalue weighted by molar-refractivity contribution is 7.07. The molecular weight excluding hydrogens is 224 g/mol. The summed E-state index contributed by atoms with van der Waals surface area (Å²) in [5.41, 5.74) is 1.14. The molecule has 1 unspecified atom stereocenters. The maximum absolute atomic E-state index is 12.0. The van der Waals surface area contributed by atoms with Gasteiger partial charge >= 0.3 is 0 Å². The van der Waals surface area contributed by atoms with Crippen molar-refractivity contribution in [1.29, 1.82) is 0 Å². The Morgan fingerprint density at radius 1 is 1.69 bits per heavy atom. The Hall–Kier alpha value is -1.36. The van der Waals surface area contributed by atoms with Gasteiger partial charge in [0.05, 0.1) is 5.92 Å². The van der Waals surface area contributed by atoms with Gasteiger partial charge in [-0.05, 0) is 22.4 Å². The SMILES string of the molecule is CN(Cc1ccsc1)C(=O)C1CNC(=O)C1. The summed E-state index contributed by atoms with van der Waals surface area (Å²) in [6, 6.07) is 2.01. The van der Waals surface area contributed by atoms with Gasteiger partial charge in [-0.15, -0.1) is 0 Å². The second kappa shape index (κ2) is 4.65. The summed E-state index contributed by atoms with van der Waals surface area (Å²) < 4.78 is 0. The van der Waals surface area contributed by atoms with Crippen molar-refractivity contribution in [2.75, 3.05) is 13.6 Å². The molecule has 1 aliphatic rings. The van der Waals surface area contributed by atoms with E-state index < -0.39 is 0 Å². The summed E-state index contributed by atoms with van der Waals surface area (Å²) in [5, 5.41) is 6.70. The number of nitrogens with one attached hydrogen (secondary N) is 1. The number of carbonyl (C=O) groups excluding carboxylic acids is 2. The molecule has 0 aromatic carbocycles. The first kappa shape index (κ1) is 11.1. The van der Waals surface area contributed by atoms with Crippen LogP contribution in [0.25, 0.3) is 0 Å². The third kappa shape index (κ3) is 2.41. The topological polar surface area (TPSA) is 49.4 Å². The van der Waals surface area contributed by atoms with E-state index in [9.17, 15) is 9.59 Å². The highest BCUT2D eigenvalue weighted by atomic mass is 32.1. The molecular formula is C11H14N2O2S. The Morgan fingerprint density at radius 2 is 2.50 bits per heavy atom. The maximum Gasteiger partial charge on any atom is 0.228 e. The zero-order valence-corrected chi connectivity index (χ0v) is 9.92. The van der Waals surface area contributed by atoms with Crippen molar-refractivity contribution in [1.82, 2.24) is 10.2 Å². The van der Waals surface area contributed by atoms with Crippen LogP contribution in [0, 0.1) is 5.92 Å². The van der Waals surface area contributed by atoms with Crippen LogP contribution in [0.4, 0.5) is 0 Å². The molecule has 16 heavy (non-hydrogen) atoms. The Balaban J connectivity index is 1.92. The van der Waals surface area contributed by atoms with E-state index in [4.69, 9.17) is 0 Å². The molecule has 1 N–H and O–H groups in total. The van der Waals surface area contributed by atoms with Gasteiger partial charge in [0.15, 0.2) is 0 Å². The average Bonchev–Trinajstić information content (AvgIpc) is 2.88. The van der Waals surface area contributed by atoms with E-state index in [1.165, 1.54) is 0 Å². The number of hydrogen-bond donors (Lipinski definition) is 1. The first-order valence-corrected chi connectivity index (χ1v) is 6.14. The summed E-state index contributed by atoms with van der Waals surface area (Å²) in [4.78, 5) is 24.7. The third-order valence-electron chi connectivity index (χ3n) is 2.70. The Labute approximate surface area is 98.3 Å². The summed E-state index contributed by atoms with van der Waals surface area (Å²) in [6.45, 7) is 1.10. The first-order chi connectivity index (χ1) is 7.66. The van der Waals surface area contributed by atoms with Gasteiger partial charge in [0.1, 0.15) is 0 Å². The second-order valence-electron chi connectivity index (χ2n) is 4.03. The largest absolute Gasteiger partial charge is 0.355 e. The number of carbonyl (C=O) groups is 2. The highest BCUT2D eigenvalue weighted by Gasteiger charge is 2.29. The van der Waals surface area contributed by atoms with Crippen molar-refractivity contribution in [2.45, 2.75) is 13.0 Å². The minimum Gasteiger partial charge on any atom is -0.355 e. The van der Waals surface area contributed by atoms with Gasteiger partial charge in [-0.2, -0.15) is 11.3 Å². The van der Waals surface area contributed by atoms with Gasteiger partial charge in [-0.1, -0.05) is 0 Å². The van der Waals surface area contributed by atoms with Crippen LogP contribution < -0.4 is 5.32 Å². The Kier molecular flexibility index (Phi) is 3.24. The molecule has 1 aromatic heterocycles. The zero-order valence-electron chi connectivity index (χ0n) is 9.10. The van der Waals surface area contributed by atoms with Crippen molar-refractivity contribution in [2.24, 2.45) is 5.92 Å². The van der Waals surface area contributed by atoms with Crippen LogP contribution >= 0.6 is 11.3 Å². The lowest BCUT2D eigenvalue weighted by molar-refractivity contribution is -0.135. The predicted molar refractivity (Wildman–Crippen MR) is 61.9 cm³/mol. The third-order valence-corrected chi connectivity index (χ3v) is 3.43. The predicted octanol–water partition coefficient (Wildman–Crippen LogP) is 0.843. The average molecular weight is 238 g/mol. The number of nitrogens with zero attached hydrogens (tertiary/aromatic N) is 1. The molecule has 2 amide bonds. The fourth-order valence-corrected chi connectivity index (χ4v) is 2.49. The van der Waals surface area contributed by atoms with E-state index in [1.807, 2.05) is 16.8 Å². The van der Waals surface area contributed by atoms with Crippen molar-refractivity contribution < 1.29 is 9.59 Å². The van der Waals surface area contributed by atoms with Crippen molar-refractivity contribution >= 4 is 23.2 Å². The number of thiophene rings is 1. The lowest BCUT2D eigenvalue weighted by Gasteiger charge is -2.19. The van der Waals surface area contributed by atoms with Crippen LogP contribution in [0.1, 0.15) is 12.0 Å². The maximum atomic E-state index is 12.0. The Bertz CT molecular complexity index is 389. The standard InChI is InChI=1S/C11H14N2O2S/c1-13(6-8-2-3-16-7-8)11(15)9-4-10(14)12-5-9/h2-3,7,9H,4-6H2,1H3,(H,12,14). The van der Waals surface area contributed by atoms with Crippen LogP contribution in [0.3, 0.4) is 0 Å². The van der Waals surface area contributed by atoms with Crippen LogP contribution in [-0.4, -0.2) is 30.3 Å². The number of amides is 2. The molecule has 5 heteroatoms. The minimum absolute atomic E-state index is 0.0257. The lowest BCUT2D eigenvalue weighted by atomic mass is 10.1. The number of hydrogen-bond acceptors (Lipinski definition) is 3. The molecule has 0 aliphatic carbocycles. The second-order valence-corrected chi connectivity index (χ2v) is 4.81. The molecule has 4 nitrogen and oxygen atoms in total. The normalized spacial score (nSPS) is 19.6. The van der Waals surface area contributed by atoms with Crippen molar-refractivity contribution in [3.8, 4) is 0 Å². The van der Waals surface area contributed by atoms with Gasteiger partial charge in [-0.3, -0.25) is 9.59 Å². The minimum atomic E-state index is -0.184. The molecule has 1 fully saturated rings. The molecule has 1 saturated heterocycles. The molecule has 86 valence electrons. The van der Waals surface area contributed by atoms with Gasteiger partial charge in [0.2, 0.25) is 11.8 Å². The van der Waals surface area contributed by atoms with Crippen molar-refractivity contribution in [3.63, 3.8) is 0 Å². The fourth-order valence-electron chi connectivity index (χ4n) is 1.83. The molecule has 0 spiro atoms. The highest BCUT2D eigenvalue weighted by Crippen LogP contribution is 2.15. The molecule has 1 atom stereocenters. The van der Waals surface area contributed by atoms with E-state index in [2.05, 4.69) is 5.32 Å². The molecule has 0 radical (unpaired) electrons. The van der Waals surface area contributed by atoms with E-state index >= 15 is 0 Å². The van der Waals surface area contributed by atoms with Gasteiger partial charge in [0, 0.05) is 26.6 Å². The van der Waals surface area contributed by atoms with Crippen LogP contribution in [0.2, 0.25) is 0 Å². The lowest BCUT2D eigenvalue weighted by Crippen LogP contribution is -2.33. The summed E-state index contributed by atoms with van der Waals surface area (Å²) in [7, 11) is 1.78. The molecule has 2 rings (SSSR count). The Morgan fingerprint density at radius 3 is 3.06 bits per heavy atom. The van der Waals surface area contributed by atoms with Crippen LogP contribution in [0.15, 0.2) is 16.8 Å². The first-order valence-electron chi connectivity index (χ1n) is 5.19. The monoisotopic (exact) mass is 238 g/mol. The van der Waals surface area contributed by atoms with Crippen LogP contribution in [-0.2, 0) is 16.1 Å². The summed E-state index contributed by atoms with van der Waals surface area (Å²) in [6.07, 6.45) is 0.326. The van der Waals surface area contributed by atoms with Crippen LogP contribution in [0.5, 0.6) is 0 Å². The van der Waals surface area contributed by atoms with E-state index in [1.54, 1.807) is 23.3 Å². The summed E-state index contributed by atoms with van der Waals surface area (Å²) >= 11 is 1.62. The molecule has 0 saturated carbocycles. The van der Waals surface area contributed by atoms with E-state index in [0.717, 1.165) is 5.56 Å². The van der Waals surface area contributed by atoms with Gasteiger partial charge < -0.3 is 10.2 Å². The fraction of sp³-hybridized carbons (Fsp3) is 0.455. The van der Waals surface area contributed by atoms with E-state index in [-0.39, 0.29) is 17.7 Å². The zero-order chi connectivity index (χ0) is 11.5. The van der Waals surface area contributed by atoms with E-state index in [0.29, 0.717) is 19.5 Å². The number of rotatable bonds is 3. The smallest absolute Gasteiger partial charge is 0.228 e. The summed E-state index contributed by atoms with van der Waals surface area (Å²) in [5.74, 6) is -0.164. The molecule has 1 aliphatic heterocycles. The van der Waals surface area contributed by atoms with Gasteiger partial charge in [-0.25, -0.2) is 0 Å². The molecule has 2 heterocycles. The molecule has 1 aromatic rings. The quantitative estimate of drug-likeness (QED) is 0.848.